The van der Waals surface area contributed by atoms with E-state index in [1.54, 1.807) is 6.20 Å². The zero-order chi connectivity index (χ0) is 15.2. The predicted octanol–water partition coefficient (Wildman–Crippen LogP) is 2.95. The molecule has 0 radical (unpaired) electrons. The van der Waals surface area contributed by atoms with Gasteiger partial charge in [0.1, 0.15) is 5.82 Å². The minimum Gasteiger partial charge on any atom is -0.382 e. The van der Waals surface area contributed by atoms with Crippen LogP contribution in [0.2, 0.25) is 0 Å². The fraction of sp³-hybridized carbons (Fsp3) is 0.688. The molecule has 0 saturated heterocycles. The van der Waals surface area contributed by atoms with E-state index < -0.39 is 0 Å². The molecule has 5 heteroatoms. The summed E-state index contributed by atoms with van der Waals surface area (Å²) < 4.78 is 0. The van der Waals surface area contributed by atoms with Crippen molar-refractivity contribution in [3.05, 3.63) is 17.7 Å². The molecular formula is C16H26N4O. The molecule has 1 aromatic rings. The zero-order valence-electron chi connectivity index (χ0n) is 13.3. The summed E-state index contributed by atoms with van der Waals surface area (Å²) in [6.07, 6.45) is 6.75. The van der Waals surface area contributed by atoms with E-state index in [0.29, 0.717) is 17.2 Å². The van der Waals surface area contributed by atoms with Gasteiger partial charge in [-0.1, -0.05) is 33.1 Å². The van der Waals surface area contributed by atoms with Crippen LogP contribution in [0.5, 0.6) is 0 Å². The van der Waals surface area contributed by atoms with Gasteiger partial charge in [0.25, 0.3) is 5.91 Å². The van der Waals surface area contributed by atoms with Gasteiger partial charge in [-0.2, -0.15) is 0 Å². The third-order valence-electron chi connectivity index (χ3n) is 3.97. The van der Waals surface area contributed by atoms with Crippen molar-refractivity contribution in [2.45, 2.75) is 52.4 Å². The van der Waals surface area contributed by atoms with E-state index in [2.05, 4.69) is 20.6 Å². The van der Waals surface area contributed by atoms with Gasteiger partial charge in [0.05, 0.1) is 11.9 Å². The summed E-state index contributed by atoms with van der Waals surface area (Å²) in [5.41, 5.74) is 1.17. The summed E-state index contributed by atoms with van der Waals surface area (Å²) in [5, 5.41) is 6.15. The Hall–Kier alpha value is -1.65. The molecule has 0 spiro atoms. The Morgan fingerprint density at radius 1 is 1.43 bits per heavy atom. The average molecular weight is 290 g/mol. The van der Waals surface area contributed by atoms with Crippen LogP contribution in [0.4, 0.5) is 5.69 Å². The fourth-order valence-electron chi connectivity index (χ4n) is 2.42. The van der Waals surface area contributed by atoms with Crippen LogP contribution in [0.3, 0.4) is 0 Å². The van der Waals surface area contributed by atoms with Crippen molar-refractivity contribution in [3.8, 4) is 0 Å². The molecule has 1 aliphatic rings. The van der Waals surface area contributed by atoms with Crippen LogP contribution in [-0.2, 0) is 0 Å². The van der Waals surface area contributed by atoms with E-state index in [9.17, 15) is 4.79 Å². The first kappa shape index (κ1) is 15.7. The van der Waals surface area contributed by atoms with Crippen molar-refractivity contribution < 1.29 is 4.79 Å². The molecule has 2 rings (SSSR count). The molecule has 0 aliphatic heterocycles. The molecule has 1 fully saturated rings. The van der Waals surface area contributed by atoms with Gasteiger partial charge in [0, 0.05) is 19.0 Å². The molecule has 1 saturated carbocycles. The van der Waals surface area contributed by atoms with Crippen molar-refractivity contribution in [1.29, 1.82) is 0 Å². The molecule has 0 bridgehead atoms. The number of amides is 1. The maximum Gasteiger partial charge on any atom is 0.272 e. The number of nitrogens with zero attached hydrogens (tertiary/aromatic N) is 2. The van der Waals surface area contributed by atoms with Crippen molar-refractivity contribution in [2.24, 2.45) is 5.92 Å². The third kappa shape index (κ3) is 4.16. The van der Waals surface area contributed by atoms with E-state index >= 15 is 0 Å². The molecule has 0 aromatic carbocycles. The van der Waals surface area contributed by atoms with Crippen LogP contribution in [0.25, 0.3) is 0 Å². The number of rotatable bonds is 7. The molecule has 116 valence electrons. The van der Waals surface area contributed by atoms with Crippen molar-refractivity contribution in [2.75, 3.05) is 18.4 Å². The van der Waals surface area contributed by atoms with Crippen molar-refractivity contribution >= 4 is 11.6 Å². The Morgan fingerprint density at radius 3 is 2.76 bits per heavy atom. The highest BCUT2D eigenvalue weighted by Crippen LogP contribution is 2.28. The molecule has 1 aliphatic carbocycles. The van der Waals surface area contributed by atoms with E-state index in [-0.39, 0.29) is 11.8 Å². The van der Waals surface area contributed by atoms with Crippen LogP contribution in [0, 0.1) is 5.92 Å². The van der Waals surface area contributed by atoms with Crippen LogP contribution in [0.15, 0.2) is 6.20 Å². The first-order chi connectivity index (χ1) is 10.1. The largest absolute Gasteiger partial charge is 0.382 e. The lowest BCUT2D eigenvalue weighted by Gasteiger charge is -2.25. The molecule has 1 heterocycles. The predicted molar refractivity (Wildman–Crippen MR) is 84.6 cm³/mol. The third-order valence-corrected chi connectivity index (χ3v) is 3.97. The maximum atomic E-state index is 12.4. The van der Waals surface area contributed by atoms with Crippen molar-refractivity contribution in [3.63, 3.8) is 0 Å². The Balaban J connectivity index is 2.02. The van der Waals surface area contributed by atoms with E-state index in [4.69, 9.17) is 0 Å². The second kappa shape index (κ2) is 7.38. The molecule has 0 atom stereocenters. The Bertz CT molecular complexity index is 483. The molecule has 1 amide bonds. The lowest BCUT2D eigenvalue weighted by molar-refractivity contribution is 0.0944. The first-order valence-electron chi connectivity index (χ1n) is 8.00. The van der Waals surface area contributed by atoms with E-state index in [1.807, 2.05) is 20.8 Å². The summed E-state index contributed by atoms with van der Waals surface area (Å²) in [4.78, 5) is 21.1. The smallest absolute Gasteiger partial charge is 0.272 e. The number of aromatic nitrogens is 2. The molecular weight excluding hydrogens is 264 g/mol. The first-order valence-corrected chi connectivity index (χ1v) is 8.00. The summed E-state index contributed by atoms with van der Waals surface area (Å²) in [5.74, 6) is 1.62. The van der Waals surface area contributed by atoms with E-state index in [1.165, 1.54) is 19.3 Å². The number of carbonyl (C=O) groups excluding carboxylic acids is 1. The topological polar surface area (TPSA) is 66.9 Å². The quantitative estimate of drug-likeness (QED) is 0.810. The van der Waals surface area contributed by atoms with E-state index in [0.717, 1.165) is 25.4 Å². The van der Waals surface area contributed by atoms with Crippen molar-refractivity contribution in [1.82, 2.24) is 15.3 Å². The second-order valence-electron chi connectivity index (χ2n) is 6.02. The summed E-state index contributed by atoms with van der Waals surface area (Å²) in [6, 6.07) is 0. The monoisotopic (exact) mass is 290 g/mol. The summed E-state index contributed by atoms with van der Waals surface area (Å²) in [6.45, 7) is 7.53. The Kier molecular flexibility index (Phi) is 5.53. The lowest BCUT2D eigenvalue weighted by atomic mass is 9.83. The minimum atomic E-state index is -0.102. The molecule has 21 heavy (non-hydrogen) atoms. The van der Waals surface area contributed by atoms with Gasteiger partial charge in [0.2, 0.25) is 0 Å². The SMILES string of the molecule is CCNc1cnc(C(C)C)nc1C(=O)NCCC1CCC1. The summed E-state index contributed by atoms with van der Waals surface area (Å²) >= 11 is 0. The van der Waals surface area contributed by atoms with Gasteiger partial charge < -0.3 is 10.6 Å². The number of carbonyl (C=O) groups is 1. The standard InChI is InChI=1S/C16H26N4O/c1-4-17-13-10-19-15(11(2)3)20-14(13)16(21)18-9-8-12-6-5-7-12/h10-12,17H,4-9H2,1-3H3,(H,18,21). The highest BCUT2D eigenvalue weighted by molar-refractivity contribution is 5.97. The van der Waals surface area contributed by atoms with Crippen LogP contribution < -0.4 is 10.6 Å². The second-order valence-corrected chi connectivity index (χ2v) is 6.02. The number of anilines is 1. The number of nitrogens with one attached hydrogen (secondary N) is 2. The van der Waals surface area contributed by atoms with Crippen LogP contribution in [0.1, 0.15) is 68.7 Å². The van der Waals surface area contributed by atoms with Gasteiger partial charge in [-0.3, -0.25) is 4.79 Å². The zero-order valence-corrected chi connectivity index (χ0v) is 13.3. The lowest BCUT2D eigenvalue weighted by Crippen LogP contribution is -2.29. The molecule has 2 N–H and O–H groups in total. The highest BCUT2D eigenvalue weighted by atomic mass is 16.1. The van der Waals surface area contributed by atoms with Crippen LogP contribution >= 0.6 is 0 Å². The average Bonchev–Trinajstić information content (AvgIpc) is 2.41. The Labute approximate surface area is 127 Å². The molecule has 0 unspecified atom stereocenters. The van der Waals surface area contributed by atoms with Gasteiger partial charge in [-0.05, 0) is 19.3 Å². The van der Waals surface area contributed by atoms with Gasteiger partial charge in [-0.15, -0.1) is 0 Å². The summed E-state index contributed by atoms with van der Waals surface area (Å²) in [7, 11) is 0. The molecule has 5 nitrogen and oxygen atoms in total. The number of hydrogen-bond acceptors (Lipinski definition) is 4. The van der Waals surface area contributed by atoms with Gasteiger partial charge in [-0.25, -0.2) is 9.97 Å². The Morgan fingerprint density at radius 2 is 2.19 bits per heavy atom. The maximum absolute atomic E-state index is 12.4. The molecule has 1 aromatic heterocycles. The number of hydrogen-bond donors (Lipinski definition) is 2. The fourth-order valence-corrected chi connectivity index (χ4v) is 2.42. The minimum absolute atomic E-state index is 0.102. The van der Waals surface area contributed by atoms with Gasteiger partial charge >= 0.3 is 0 Å². The van der Waals surface area contributed by atoms with Crippen LogP contribution in [-0.4, -0.2) is 29.0 Å². The van der Waals surface area contributed by atoms with Gasteiger partial charge in [0.15, 0.2) is 5.69 Å². The highest BCUT2D eigenvalue weighted by Gasteiger charge is 2.19. The normalized spacial score (nSPS) is 14.9.